The molecule has 0 aliphatic carbocycles. The third kappa shape index (κ3) is 3.24. The predicted octanol–water partition coefficient (Wildman–Crippen LogP) is 6.60. The van der Waals surface area contributed by atoms with Crippen LogP contribution in [0.5, 0.6) is 0 Å². The molecule has 94 valence electrons. The van der Waals surface area contributed by atoms with Crippen molar-refractivity contribution in [1.82, 2.24) is 0 Å². The minimum absolute atomic E-state index is 0.00118. The van der Waals surface area contributed by atoms with Crippen LogP contribution in [0.4, 0.5) is 4.39 Å². The Bertz CT molecular complexity index is 583. The van der Waals surface area contributed by atoms with E-state index >= 15 is 0 Å². The molecule has 5 heteroatoms. The van der Waals surface area contributed by atoms with Crippen LogP contribution in [0, 0.1) is 5.82 Å². The van der Waals surface area contributed by atoms with E-state index in [4.69, 9.17) is 0 Å². The molecule has 0 aliphatic rings. The number of hydrogen-bond donors (Lipinski definition) is 0. The molecule has 0 radical (unpaired) electrons. The zero-order valence-electron chi connectivity index (χ0n) is 8.93. The second-order valence-corrected chi connectivity index (χ2v) is 7.24. The summed E-state index contributed by atoms with van der Waals surface area (Å²) in [5, 5.41) is 0. The number of rotatable bonds is 2. The van der Waals surface area contributed by atoms with Gasteiger partial charge < -0.3 is 0 Å². The van der Waals surface area contributed by atoms with Crippen LogP contribution in [0.25, 0.3) is 0 Å². The molecule has 2 rings (SSSR count). The van der Waals surface area contributed by atoms with Crippen LogP contribution < -0.4 is 0 Å². The molecule has 0 N–H and O–H groups in total. The minimum atomic E-state index is -0.258. The van der Waals surface area contributed by atoms with Crippen LogP contribution in [-0.2, 0) is 0 Å². The van der Waals surface area contributed by atoms with E-state index in [1.807, 2.05) is 18.2 Å². The van der Waals surface area contributed by atoms with Gasteiger partial charge in [-0.1, -0.05) is 53.9 Å². The monoisotopic (exact) mass is 498 g/mol. The molecule has 0 aromatic heterocycles. The summed E-state index contributed by atoms with van der Waals surface area (Å²) in [4.78, 5) is 0.00118. The minimum Gasteiger partial charge on any atom is -0.206 e. The summed E-state index contributed by atoms with van der Waals surface area (Å²) in [6.45, 7) is 0. The number of halogens is 5. The SMILES string of the molecule is Fc1ccc(C(Br)c2cc(Br)ccc2Br)cc1Br. The Hall–Kier alpha value is 0.290. The third-order valence-corrected chi connectivity index (χ3v) is 5.31. The normalized spacial score (nSPS) is 12.5. The summed E-state index contributed by atoms with van der Waals surface area (Å²) < 4.78 is 15.7. The molecule has 0 aliphatic heterocycles. The Morgan fingerprint density at radius 2 is 1.61 bits per heavy atom. The lowest BCUT2D eigenvalue weighted by molar-refractivity contribution is 0.620. The lowest BCUT2D eigenvalue weighted by Crippen LogP contribution is -1.95. The zero-order valence-corrected chi connectivity index (χ0v) is 15.3. The first-order valence-corrected chi connectivity index (χ1v) is 8.32. The van der Waals surface area contributed by atoms with Gasteiger partial charge in [0.25, 0.3) is 0 Å². The fourth-order valence-electron chi connectivity index (χ4n) is 1.56. The van der Waals surface area contributed by atoms with Gasteiger partial charge in [0.1, 0.15) is 5.82 Å². The topological polar surface area (TPSA) is 0 Å². The molecule has 0 spiro atoms. The molecule has 0 amide bonds. The first kappa shape index (κ1) is 14.7. The van der Waals surface area contributed by atoms with Crippen molar-refractivity contribution in [3.8, 4) is 0 Å². The average molecular weight is 502 g/mol. The summed E-state index contributed by atoms with van der Waals surface area (Å²) in [5.41, 5.74) is 2.07. The number of hydrogen-bond acceptors (Lipinski definition) is 0. The fourth-order valence-corrected chi connectivity index (χ4v) is 3.78. The standard InChI is InChI=1S/C13H7Br4F/c14-8-2-3-10(15)9(6-8)13(17)7-1-4-12(18)11(16)5-7/h1-6,13H. The molecule has 0 saturated carbocycles. The van der Waals surface area contributed by atoms with Crippen molar-refractivity contribution in [3.05, 3.63) is 66.8 Å². The summed E-state index contributed by atoms with van der Waals surface area (Å²) in [7, 11) is 0. The van der Waals surface area contributed by atoms with E-state index in [1.54, 1.807) is 12.1 Å². The molecule has 2 aromatic rings. The molecule has 1 atom stereocenters. The lowest BCUT2D eigenvalue weighted by atomic mass is 10.1. The van der Waals surface area contributed by atoms with Crippen LogP contribution in [0.15, 0.2) is 49.8 Å². The van der Waals surface area contributed by atoms with E-state index in [9.17, 15) is 4.39 Å². The largest absolute Gasteiger partial charge is 0.206 e. The molecule has 18 heavy (non-hydrogen) atoms. The van der Waals surface area contributed by atoms with E-state index in [0.29, 0.717) is 4.47 Å². The van der Waals surface area contributed by atoms with E-state index in [1.165, 1.54) is 6.07 Å². The summed E-state index contributed by atoms with van der Waals surface area (Å²) >= 11 is 13.8. The highest BCUT2D eigenvalue weighted by molar-refractivity contribution is 9.11. The van der Waals surface area contributed by atoms with Crippen molar-refractivity contribution in [2.24, 2.45) is 0 Å². The molecular weight excluding hydrogens is 495 g/mol. The Morgan fingerprint density at radius 3 is 2.28 bits per heavy atom. The molecule has 0 nitrogen and oxygen atoms in total. The summed E-state index contributed by atoms with van der Waals surface area (Å²) in [6.07, 6.45) is 0. The zero-order chi connectivity index (χ0) is 13.3. The maximum absolute atomic E-state index is 13.2. The molecule has 2 aromatic carbocycles. The summed E-state index contributed by atoms with van der Waals surface area (Å²) in [5.74, 6) is -0.258. The highest BCUT2D eigenvalue weighted by atomic mass is 79.9. The van der Waals surface area contributed by atoms with Gasteiger partial charge in [0.05, 0.1) is 9.30 Å². The van der Waals surface area contributed by atoms with Gasteiger partial charge in [-0.05, 0) is 57.4 Å². The molecule has 0 heterocycles. The van der Waals surface area contributed by atoms with Crippen LogP contribution in [0.2, 0.25) is 0 Å². The van der Waals surface area contributed by atoms with Gasteiger partial charge >= 0.3 is 0 Å². The van der Waals surface area contributed by atoms with E-state index in [2.05, 4.69) is 63.7 Å². The summed E-state index contributed by atoms with van der Waals surface area (Å²) in [6, 6.07) is 11.0. The average Bonchev–Trinajstić information content (AvgIpc) is 2.35. The van der Waals surface area contributed by atoms with Crippen molar-refractivity contribution in [2.75, 3.05) is 0 Å². The fraction of sp³-hybridized carbons (Fsp3) is 0.0769. The molecule has 0 bridgehead atoms. The Balaban J connectivity index is 2.44. The second kappa shape index (κ2) is 6.16. The van der Waals surface area contributed by atoms with Gasteiger partial charge in [0.15, 0.2) is 0 Å². The first-order chi connectivity index (χ1) is 8.49. The van der Waals surface area contributed by atoms with Crippen LogP contribution >= 0.6 is 63.7 Å². The molecule has 0 fully saturated rings. The number of alkyl halides is 1. The van der Waals surface area contributed by atoms with Gasteiger partial charge in [0.2, 0.25) is 0 Å². The highest BCUT2D eigenvalue weighted by Gasteiger charge is 2.15. The van der Waals surface area contributed by atoms with Crippen molar-refractivity contribution in [2.45, 2.75) is 4.83 Å². The second-order valence-electron chi connectivity index (χ2n) is 3.70. The number of benzene rings is 2. The van der Waals surface area contributed by atoms with Crippen LogP contribution in [0.1, 0.15) is 16.0 Å². The van der Waals surface area contributed by atoms with Crippen LogP contribution in [0.3, 0.4) is 0 Å². The quantitative estimate of drug-likeness (QED) is 0.407. The van der Waals surface area contributed by atoms with Gasteiger partial charge in [-0.25, -0.2) is 4.39 Å². The predicted molar refractivity (Wildman–Crippen MR) is 86.7 cm³/mol. The van der Waals surface area contributed by atoms with Gasteiger partial charge in [-0.2, -0.15) is 0 Å². The van der Waals surface area contributed by atoms with Gasteiger partial charge in [-0.15, -0.1) is 0 Å². The van der Waals surface area contributed by atoms with Crippen molar-refractivity contribution in [1.29, 1.82) is 0 Å². The Labute approximate surface area is 138 Å². The van der Waals surface area contributed by atoms with Gasteiger partial charge in [0, 0.05) is 8.95 Å². The lowest BCUT2D eigenvalue weighted by Gasteiger charge is -2.14. The third-order valence-electron chi connectivity index (χ3n) is 2.47. The van der Waals surface area contributed by atoms with Crippen molar-refractivity contribution in [3.63, 3.8) is 0 Å². The smallest absolute Gasteiger partial charge is 0.137 e. The van der Waals surface area contributed by atoms with Gasteiger partial charge in [-0.3, -0.25) is 0 Å². The molecule has 0 saturated heterocycles. The molecular formula is C13H7Br4F. The maximum Gasteiger partial charge on any atom is 0.137 e. The molecule has 1 unspecified atom stereocenters. The first-order valence-electron chi connectivity index (χ1n) is 5.03. The van der Waals surface area contributed by atoms with Crippen LogP contribution in [-0.4, -0.2) is 0 Å². The van der Waals surface area contributed by atoms with E-state index in [-0.39, 0.29) is 10.6 Å². The van der Waals surface area contributed by atoms with E-state index in [0.717, 1.165) is 20.1 Å². The van der Waals surface area contributed by atoms with E-state index < -0.39 is 0 Å². The highest BCUT2D eigenvalue weighted by Crippen LogP contribution is 2.37. The van der Waals surface area contributed by atoms with Crippen molar-refractivity contribution >= 4 is 63.7 Å². The maximum atomic E-state index is 13.2. The Kier molecular flexibility index (Phi) is 5.03. The Morgan fingerprint density at radius 1 is 0.889 bits per heavy atom. The van der Waals surface area contributed by atoms with Crippen molar-refractivity contribution < 1.29 is 4.39 Å².